The zero-order valence-electron chi connectivity index (χ0n) is 42.0. The summed E-state index contributed by atoms with van der Waals surface area (Å²) in [6.45, 7) is 7.06. The van der Waals surface area contributed by atoms with Gasteiger partial charge in [-0.15, -0.1) is 0 Å². The molecule has 3 amide bonds. The summed E-state index contributed by atoms with van der Waals surface area (Å²) in [5.74, 6) is -1.02. The Bertz CT molecular complexity index is 2180. The van der Waals surface area contributed by atoms with Gasteiger partial charge in [0.25, 0.3) is 0 Å². The predicted molar refractivity (Wildman–Crippen MR) is 275 cm³/mol. The van der Waals surface area contributed by atoms with Crippen LogP contribution in [0.2, 0.25) is 13.3 Å². The van der Waals surface area contributed by atoms with Gasteiger partial charge in [-0.3, -0.25) is 4.79 Å². The number of methoxy groups -OCH3 is 3. The summed E-state index contributed by atoms with van der Waals surface area (Å²) < 4.78 is 33.1. The van der Waals surface area contributed by atoms with E-state index >= 15 is 0 Å². The molecule has 0 bridgehead atoms. The van der Waals surface area contributed by atoms with Gasteiger partial charge in [0.1, 0.15) is 36.0 Å². The van der Waals surface area contributed by atoms with E-state index in [0.717, 1.165) is 5.56 Å². The van der Waals surface area contributed by atoms with Crippen LogP contribution in [0.4, 0.5) is 4.79 Å². The molecule has 0 aliphatic rings. The van der Waals surface area contributed by atoms with Gasteiger partial charge in [-0.1, -0.05) is 36.4 Å². The number of benzene rings is 4. The standard InChI is InChI=1S/C43H48N3O11.3C4H9.Sn/c1-53-33-18-12-29(13-19-33)27-38(31-16-22-35(55-3)23-17-31)57-42(51)37(24-25-39(47)48)46-43(52)45-36(41(50)56-28-30-14-20-34(54-2)21-15-30)11-7-8-26-44-40(49)32-9-5-4-6-10-32;3*1-3-4-2;/h5-6,9-10,12-23,36-38H,7-8,11,24-28H2,1-3H3,(H,44,49)(H,47,48)(H2,45,46,52);3*1,3-4H2,2H3;. The van der Waals surface area contributed by atoms with Gasteiger partial charge in [0, 0.05) is 12.8 Å². The zero-order chi connectivity index (χ0) is 50.7. The molecule has 0 aliphatic heterocycles. The first kappa shape index (κ1) is 56.8. The van der Waals surface area contributed by atoms with E-state index in [2.05, 4.69) is 48.9 Å². The van der Waals surface area contributed by atoms with Crippen molar-refractivity contribution in [3.63, 3.8) is 0 Å². The van der Waals surface area contributed by atoms with E-state index in [1.807, 2.05) is 24.3 Å². The molecule has 4 aromatic carbocycles. The molecule has 70 heavy (non-hydrogen) atoms. The average Bonchev–Trinajstić information content (AvgIpc) is 3.38. The van der Waals surface area contributed by atoms with Gasteiger partial charge in [0.2, 0.25) is 0 Å². The Balaban J connectivity index is 1.45. The van der Waals surface area contributed by atoms with Crippen molar-refractivity contribution in [2.24, 2.45) is 0 Å². The molecule has 4 N–H and O–H groups in total. The Morgan fingerprint density at radius 1 is 0.586 bits per heavy atom. The fourth-order valence-corrected chi connectivity index (χ4v) is 24.4. The number of carbonyl (C=O) groups is 5. The van der Waals surface area contributed by atoms with E-state index in [1.165, 1.54) is 55.4 Å². The van der Waals surface area contributed by atoms with Gasteiger partial charge in [0.15, 0.2) is 0 Å². The second-order valence-corrected chi connectivity index (χ2v) is 31.0. The molecule has 0 radical (unpaired) electrons. The number of rotatable bonds is 32. The zero-order valence-corrected chi connectivity index (χ0v) is 44.9. The van der Waals surface area contributed by atoms with E-state index in [1.54, 1.807) is 82.0 Å². The van der Waals surface area contributed by atoms with Crippen LogP contribution in [-0.2, 0) is 36.9 Å². The van der Waals surface area contributed by atoms with Gasteiger partial charge in [0.05, 0.1) is 21.3 Å². The van der Waals surface area contributed by atoms with Gasteiger partial charge in [-0.05, 0) is 59.5 Å². The van der Waals surface area contributed by atoms with Crippen LogP contribution >= 0.6 is 0 Å². The fourth-order valence-electron chi connectivity index (χ4n) is 8.45. The number of urea groups is 1. The summed E-state index contributed by atoms with van der Waals surface area (Å²) in [7, 11) is 4.66. The number of unbranched alkanes of at least 4 members (excludes halogenated alkanes) is 4. The number of hydrogen-bond donors (Lipinski definition) is 4. The molecule has 14 nitrogen and oxygen atoms in total. The van der Waals surface area contributed by atoms with E-state index < -0.39 is 66.9 Å². The molecule has 15 heteroatoms. The molecule has 0 fully saturated rings. The number of nitrogens with one attached hydrogen (secondary N) is 3. The molecule has 3 atom stereocenters. The summed E-state index contributed by atoms with van der Waals surface area (Å²) in [4.78, 5) is 66.4. The third-order valence-corrected chi connectivity index (χ3v) is 28.4. The molecule has 0 spiro atoms. The number of carboxylic acid groups (broad SMARTS) is 1. The van der Waals surface area contributed by atoms with E-state index in [-0.39, 0.29) is 31.8 Å². The molecule has 4 aromatic rings. The number of esters is 2. The van der Waals surface area contributed by atoms with E-state index in [4.69, 9.17) is 23.7 Å². The molecule has 0 saturated heterocycles. The third-order valence-electron chi connectivity index (χ3n) is 12.7. The molecule has 0 heterocycles. The number of ether oxygens (including phenoxy) is 5. The van der Waals surface area contributed by atoms with Crippen molar-refractivity contribution in [3.05, 3.63) is 119 Å². The Morgan fingerprint density at radius 3 is 1.59 bits per heavy atom. The number of amides is 3. The summed E-state index contributed by atoms with van der Waals surface area (Å²) in [6, 6.07) is 26.2. The van der Waals surface area contributed by atoms with E-state index in [0.29, 0.717) is 53.3 Å². The van der Waals surface area contributed by atoms with Crippen LogP contribution in [-0.4, -0.2) is 93.3 Å². The van der Waals surface area contributed by atoms with Crippen molar-refractivity contribution < 1.29 is 52.8 Å². The first-order chi connectivity index (χ1) is 33.9. The Morgan fingerprint density at radius 2 is 1.09 bits per heavy atom. The number of carbonyl (C=O) groups excluding carboxylic acids is 4. The van der Waals surface area contributed by atoms with Crippen LogP contribution in [0, 0.1) is 0 Å². The molecule has 0 saturated carbocycles. The predicted octanol–water partition coefficient (Wildman–Crippen LogP) is 9.84. The van der Waals surface area contributed by atoms with Crippen molar-refractivity contribution in [3.8, 4) is 17.2 Å². The van der Waals surface area contributed by atoms with Crippen molar-refractivity contribution in [1.82, 2.24) is 16.0 Å². The Kier molecular flexibility index (Phi) is 25.0. The van der Waals surface area contributed by atoms with Gasteiger partial charge >= 0.3 is 202 Å². The quantitative estimate of drug-likeness (QED) is 0.0207. The molecule has 0 aromatic heterocycles. The van der Waals surface area contributed by atoms with Gasteiger partial charge in [-0.2, -0.15) is 0 Å². The fraction of sp³-hybridized carbons (Fsp3) is 0.473. The monoisotopic (exact) mass is 1070 g/mol. The molecular weight excluding hydrogens is 997 g/mol. The van der Waals surface area contributed by atoms with Crippen molar-refractivity contribution in [2.45, 2.75) is 136 Å². The Labute approximate surface area is 418 Å². The van der Waals surface area contributed by atoms with E-state index in [9.17, 15) is 29.1 Å². The summed E-state index contributed by atoms with van der Waals surface area (Å²) in [5, 5.41) is 17.8. The van der Waals surface area contributed by atoms with Crippen molar-refractivity contribution in [2.75, 3.05) is 27.9 Å². The Hall–Kier alpha value is -5.77. The minimum absolute atomic E-state index is 0.0767. The van der Waals surface area contributed by atoms with Crippen LogP contribution in [0.5, 0.6) is 17.2 Å². The second-order valence-electron chi connectivity index (χ2n) is 17.8. The van der Waals surface area contributed by atoms with Crippen LogP contribution < -0.4 is 33.7 Å². The van der Waals surface area contributed by atoms with Crippen molar-refractivity contribution in [1.29, 1.82) is 0 Å². The van der Waals surface area contributed by atoms with Crippen LogP contribution in [0.25, 0.3) is 0 Å². The average molecular weight is 1070 g/mol. The van der Waals surface area contributed by atoms with Crippen LogP contribution in [0.15, 0.2) is 97.1 Å². The molecule has 0 aliphatic carbocycles. The van der Waals surface area contributed by atoms with Crippen LogP contribution in [0.1, 0.15) is 125 Å². The second kappa shape index (κ2) is 30.8. The SMILES string of the molecule is CCC[CH2][Sn]([CH2]CCC)([CH2]CCC)[c]1ccc(C(=O)NCCCCC(NC(=O)NC(CCC(=O)O)C(=O)OC(Cc2ccc(OC)cc2)c2ccc(OC)cc2)C(=O)OCc2ccc(OC)cc2)cc1. The minimum atomic E-state index is -2.65. The van der Waals surface area contributed by atoms with Gasteiger partial charge < -0.3 is 34.1 Å². The summed E-state index contributed by atoms with van der Waals surface area (Å²) in [6.07, 6.45) is 7.11. The first-order valence-corrected chi connectivity index (χ1v) is 32.3. The molecule has 3 unspecified atom stereocenters. The maximum absolute atomic E-state index is 14.0. The topological polar surface area (TPSA) is 188 Å². The normalized spacial score (nSPS) is 12.4. The summed E-state index contributed by atoms with van der Waals surface area (Å²) >= 11 is -2.65. The number of hydrogen-bond acceptors (Lipinski definition) is 10. The first-order valence-electron chi connectivity index (χ1n) is 24.8. The maximum atomic E-state index is 14.0. The third kappa shape index (κ3) is 18.9. The summed E-state index contributed by atoms with van der Waals surface area (Å²) in [5.41, 5.74) is 2.78. The molecular formula is C55H75N3O11Sn. The molecule has 380 valence electrons. The van der Waals surface area contributed by atoms with Gasteiger partial charge in [-0.25, -0.2) is 14.4 Å². The number of carboxylic acids is 1. The van der Waals surface area contributed by atoms with Crippen LogP contribution in [0.3, 0.4) is 0 Å². The van der Waals surface area contributed by atoms with Crippen molar-refractivity contribution >= 4 is 51.8 Å². The molecule has 4 rings (SSSR count). The number of aliphatic carboxylic acids is 1.